The molecule has 1 aromatic carbocycles. The van der Waals surface area contributed by atoms with Crippen LogP contribution in [0, 0.1) is 0 Å². The number of rotatable bonds is 2. The highest BCUT2D eigenvalue weighted by atomic mass is 16.5. The Hall–Kier alpha value is -1.39. The molecule has 2 atom stereocenters. The van der Waals surface area contributed by atoms with Crippen LogP contribution >= 0.6 is 0 Å². The number of hydrogen-bond donors (Lipinski definition) is 1. The minimum absolute atomic E-state index is 0.226. The summed E-state index contributed by atoms with van der Waals surface area (Å²) in [7, 11) is 0. The summed E-state index contributed by atoms with van der Waals surface area (Å²) in [6, 6.07) is 8.39. The van der Waals surface area contributed by atoms with E-state index < -0.39 is 0 Å². The Bertz CT molecular complexity index is 445. The average Bonchev–Trinajstić information content (AvgIpc) is 2.33. The van der Waals surface area contributed by atoms with Gasteiger partial charge in [0.1, 0.15) is 5.78 Å². The molecule has 3 rings (SSSR count). The fraction of sp³-hybridized carbons (Fsp3) is 0.500. The van der Waals surface area contributed by atoms with Crippen molar-refractivity contribution in [1.82, 2.24) is 4.90 Å². The quantitative estimate of drug-likeness (QED) is 0.797. The van der Waals surface area contributed by atoms with Gasteiger partial charge in [0, 0.05) is 37.2 Å². The predicted octanol–water partition coefficient (Wildman–Crippen LogP) is 1.20. The van der Waals surface area contributed by atoms with Gasteiger partial charge in [0.05, 0.1) is 13.2 Å². The van der Waals surface area contributed by atoms with Crippen molar-refractivity contribution in [2.24, 2.45) is 0 Å². The van der Waals surface area contributed by atoms with Gasteiger partial charge in [-0.2, -0.15) is 0 Å². The summed E-state index contributed by atoms with van der Waals surface area (Å²) in [5.41, 5.74) is 7.96. The first-order valence-electron chi connectivity index (χ1n) is 6.42. The van der Waals surface area contributed by atoms with Crippen molar-refractivity contribution >= 4 is 11.5 Å². The normalized spacial score (nSPS) is 28.3. The Labute approximate surface area is 107 Å². The lowest BCUT2D eigenvalue weighted by Crippen LogP contribution is -2.56. The summed E-state index contributed by atoms with van der Waals surface area (Å²) >= 11 is 0. The van der Waals surface area contributed by atoms with Crippen LogP contribution in [0.1, 0.15) is 18.4 Å². The summed E-state index contributed by atoms with van der Waals surface area (Å²) in [6.45, 7) is 2.14. The van der Waals surface area contributed by atoms with Gasteiger partial charge in [-0.05, 0) is 11.6 Å². The fourth-order valence-corrected chi connectivity index (χ4v) is 2.92. The van der Waals surface area contributed by atoms with Gasteiger partial charge in [-0.3, -0.25) is 9.69 Å². The van der Waals surface area contributed by atoms with E-state index in [2.05, 4.69) is 11.0 Å². The maximum atomic E-state index is 11.6. The monoisotopic (exact) mass is 246 g/mol. The second kappa shape index (κ2) is 4.71. The number of morpholine rings is 1. The molecule has 2 saturated heterocycles. The summed E-state index contributed by atoms with van der Waals surface area (Å²) in [5, 5.41) is 0. The molecule has 2 unspecified atom stereocenters. The molecule has 0 radical (unpaired) electrons. The molecule has 1 aromatic rings. The summed E-state index contributed by atoms with van der Waals surface area (Å²) in [5.74, 6) is 0.366. The van der Waals surface area contributed by atoms with Gasteiger partial charge in [0.15, 0.2) is 0 Å². The number of nitrogen functional groups attached to an aromatic ring is 1. The molecule has 2 fully saturated rings. The highest BCUT2D eigenvalue weighted by molar-refractivity contribution is 5.80. The maximum absolute atomic E-state index is 11.6. The third-order valence-electron chi connectivity index (χ3n) is 3.89. The van der Waals surface area contributed by atoms with Crippen LogP contribution < -0.4 is 5.73 Å². The van der Waals surface area contributed by atoms with E-state index in [0.29, 0.717) is 31.8 Å². The number of ether oxygens (including phenoxy) is 1. The van der Waals surface area contributed by atoms with E-state index in [1.54, 1.807) is 0 Å². The number of carbonyl (C=O) groups excluding carboxylic acids is 1. The van der Waals surface area contributed by atoms with Crippen molar-refractivity contribution < 1.29 is 9.53 Å². The van der Waals surface area contributed by atoms with E-state index in [1.807, 2.05) is 18.2 Å². The molecule has 2 heterocycles. The minimum Gasteiger partial charge on any atom is -0.398 e. The third-order valence-corrected chi connectivity index (χ3v) is 3.89. The molecule has 0 aliphatic carbocycles. The van der Waals surface area contributed by atoms with Gasteiger partial charge in [-0.25, -0.2) is 0 Å². The lowest BCUT2D eigenvalue weighted by atomic mass is 9.92. The molecule has 2 N–H and O–H groups in total. The van der Waals surface area contributed by atoms with Crippen LogP contribution in [-0.2, 0) is 16.1 Å². The Kier molecular flexibility index (Phi) is 3.06. The molecule has 18 heavy (non-hydrogen) atoms. The van der Waals surface area contributed by atoms with Crippen molar-refractivity contribution in [1.29, 1.82) is 0 Å². The van der Waals surface area contributed by atoms with Gasteiger partial charge in [0.25, 0.3) is 0 Å². The van der Waals surface area contributed by atoms with E-state index in [0.717, 1.165) is 17.8 Å². The van der Waals surface area contributed by atoms with Crippen LogP contribution in [0.2, 0.25) is 0 Å². The number of ketones is 1. The lowest BCUT2D eigenvalue weighted by molar-refractivity contribution is -0.136. The van der Waals surface area contributed by atoms with E-state index in [1.165, 1.54) is 0 Å². The Morgan fingerprint density at radius 2 is 1.89 bits per heavy atom. The topological polar surface area (TPSA) is 55.6 Å². The van der Waals surface area contributed by atoms with Crippen molar-refractivity contribution in [2.45, 2.75) is 31.5 Å². The van der Waals surface area contributed by atoms with Crippen molar-refractivity contribution in [3.05, 3.63) is 29.8 Å². The van der Waals surface area contributed by atoms with Crippen LogP contribution in [-0.4, -0.2) is 36.0 Å². The molecule has 0 spiro atoms. The van der Waals surface area contributed by atoms with Crippen LogP contribution in [0.3, 0.4) is 0 Å². The summed E-state index contributed by atoms with van der Waals surface area (Å²) in [4.78, 5) is 14.0. The van der Waals surface area contributed by atoms with Gasteiger partial charge in [-0.1, -0.05) is 18.2 Å². The van der Waals surface area contributed by atoms with Crippen molar-refractivity contribution in [3.63, 3.8) is 0 Å². The first-order valence-corrected chi connectivity index (χ1v) is 6.42. The zero-order chi connectivity index (χ0) is 12.5. The Balaban J connectivity index is 1.80. The van der Waals surface area contributed by atoms with Gasteiger partial charge in [-0.15, -0.1) is 0 Å². The molecule has 0 amide bonds. The van der Waals surface area contributed by atoms with Crippen LogP contribution in [0.15, 0.2) is 24.3 Å². The molecule has 4 nitrogen and oxygen atoms in total. The summed E-state index contributed by atoms with van der Waals surface area (Å²) < 4.78 is 5.56. The van der Waals surface area contributed by atoms with E-state index in [-0.39, 0.29) is 12.1 Å². The Morgan fingerprint density at radius 3 is 2.56 bits per heavy atom. The second-order valence-corrected chi connectivity index (χ2v) is 5.16. The number of hydrogen-bond acceptors (Lipinski definition) is 4. The maximum Gasteiger partial charge on any atom is 0.136 e. The van der Waals surface area contributed by atoms with Crippen molar-refractivity contribution in [2.75, 3.05) is 18.9 Å². The third kappa shape index (κ3) is 2.13. The highest BCUT2D eigenvalue weighted by Gasteiger charge is 2.38. The first kappa shape index (κ1) is 11.7. The summed E-state index contributed by atoms with van der Waals surface area (Å²) in [6.07, 6.45) is 1.23. The number of benzene rings is 1. The predicted molar refractivity (Wildman–Crippen MR) is 69.0 cm³/mol. The largest absolute Gasteiger partial charge is 0.398 e. The van der Waals surface area contributed by atoms with Crippen LogP contribution in [0.25, 0.3) is 0 Å². The molecule has 0 aromatic heterocycles. The zero-order valence-electron chi connectivity index (χ0n) is 10.3. The molecule has 2 bridgehead atoms. The minimum atomic E-state index is 0.226. The second-order valence-electron chi connectivity index (χ2n) is 5.16. The zero-order valence-corrected chi connectivity index (χ0v) is 10.3. The average molecular weight is 246 g/mol. The van der Waals surface area contributed by atoms with Gasteiger partial charge < -0.3 is 10.5 Å². The SMILES string of the molecule is Nc1ccccc1CN1C2COCC1CC(=O)C2. The fourth-order valence-electron chi connectivity index (χ4n) is 2.92. The van der Waals surface area contributed by atoms with Crippen LogP contribution in [0.5, 0.6) is 0 Å². The van der Waals surface area contributed by atoms with Gasteiger partial charge in [0.2, 0.25) is 0 Å². The number of carbonyl (C=O) groups is 1. The van der Waals surface area contributed by atoms with Gasteiger partial charge >= 0.3 is 0 Å². The number of nitrogens with zero attached hydrogens (tertiary/aromatic N) is 1. The van der Waals surface area contributed by atoms with E-state index in [9.17, 15) is 4.79 Å². The number of anilines is 1. The number of piperidine rings is 1. The number of para-hydroxylation sites is 1. The van der Waals surface area contributed by atoms with E-state index in [4.69, 9.17) is 10.5 Å². The number of nitrogens with two attached hydrogens (primary N) is 1. The molecule has 2 aliphatic rings. The standard InChI is InChI=1S/C14H18N2O2/c15-14-4-2-1-3-10(14)7-16-11-5-13(17)6-12(16)9-18-8-11/h1-4,11-12H,5-9,15H2. The molecular weight excluding hydrogens is 228 g/mol. The smallest absolute Gasteiger partial charge is 0.136 e. The number of fused-ring (bicyclic) bond motifs is 2. The Morgan fingerprint density at radius 1 is 1.22 bits per heavy atom. The highest BCUT2D eigenvalue weighted by Crippen LogP contribution is 2.28. The molecule has 0 saturated carbocycles. The lowest BCUT2D eigenvalue weighted by Gasteiger charge is -2.45. The molecule has 96 valence electrons. The molecule has 2 aliphatic heterocycles. The number of Topliss-reactive ketones (excluding diaryl/α,β-unsaturated/α-hetero) is 1. The van der Waals surface area contributed by atoms with Crippen molar-refractivity contribution in [3.8, 4) is 0 Å². The van der Waals surface area contributed by atoms with Crippen LogP contribution in [0.4, 0.5) is 5.69 Å². The molecular formula is C14H18N2O2. The van der Waals surface area contributed by atoms with E-state index >= 15 is 0 Å². The molecule has 4 heteroatoms. The first-order chi connectivity index (χ1) is 8.74.